The van der Waals surface area contributed by atoms with Crippen LogP contribution in [0.4, 0.5) is 0 Å². The summed E-state index contributed by atoms with van der Waals surface area (Å²) in [5, 5.41) is 0. The summed E-state index contributed by atoms with van der Waals surface area (Å²) in [5.41, 5.74) is -0.302. The van der Waals surface area contributed by atoms with Crippen LogP contribution in [0.1, 0.15) is 59.8 Å². The van der Waals surface area contributed by atoms with Crippen LogP contribution >= 0.6 is 0 Å². The summed E-state index contributed by atoms with van der Waals surface area (Å²) in [4.78, 5) is 38.8. The van der Waals surface area contributed by atoms with Gasteiger partial charge in [0, 0.05) is 13.6 Å². The van der Waals surface area contributed by atoms with Crippen molar-refractivity contribution in [3.8, 4) is 0 Å². The number of hydrogen-bond acceptors (Lipinski definition) is 4. The first-order chi connectivity index (χ1) is 14.5. The van der Waals surface area contributed by atoms with Crippen molar-refractivity contribution >= 4 is 17.5 Å². The molecule has 2 saturated heterocycles. The summed E-state index contributed by atoms with van der Waals surface area (Å²) in [6, 6.07) is -0.197. The predicted octanol–water partition coefficient (Wildman–Crippen LogP) is 5.00. The van der Waals surface area contributed by atoms with Gasteiger partial charge in [-0.25, -0.2) is 0 Å². The van der Waals surface area contributed by atoms with E-state index in [0.717, 1.165) is 25.8 Å². The number of carbonyl (C=O) groups is 3. The third-order valence-corrected chi connectivity index (χ3v) is 6.73. The highest BCUT2D eigenvalue weighted by atomic mass is 16.2. The van der Waals surface area contributed by atoms with Crippen LogP contribution < -0.4 is 0 Å². The van der Waals surface area contributed by atoms with E-state index in [0.29, 0.717) is 19.3 Å². The molecule has 1 amide bonds. The summed E-state index contributed by atoms with van der Waals surface area (Å²) in [7, 11) is 3.72. The zero-order valence-corrected chi connectivity index (χ0v) is 19.9. The number of carbonyl (C=O) groups excluding carboxylic acids is 3. The van der Waals surface area contributed by atoms with Crippen LogP contribution in [0.5, 0.6) is 0 Å². The molecule has 0 spiro atoms. The van der Waals surface area contributed by atoms with Crippen LogP contribution in [0.25, 0.3) is 0 Å². The van der Waals surface area contributed by atoms with E-state index in [2.05, 4.69) is 31.2 Å². The molecule has 2 rings (SSSR count). The Hall–Kier alpha value is -2.27. The Morgan fingerprint density at radius 2 is 1.31 bits per heavy atom. The van der Waals surface area contributed by atoms with Crippen molar-refractivity contribution in [2.75, 3.05) is 20.6 Å². The molecule has 5 nitrogen and oxygen atoms in total. The Balaban J connectivity index is 0.000000584. The average Bonchev–Trinajstić information content (AvgIpc) is 3.14. The van der Waals surface area contributed by atoms with Gasteiger partial charge in [0.2, 0.25) is 5.91 Å². The zero-order chi connectivity index (χ0) is 23.8. The molecule has 0 aromatic rings. The van der Waals surface area contributed by atoms with Crippen molar-refractivity contribution in [3.63, 3.8) is 0 Å². The second-order valence-corrected chi connectivity index (χ2v) is 9.24. The Bertz CT molecular complexity index is 704. The maximum Gasteiger partial charge on any atom is 0.229 e. The molecule has 0 N–H and O–H groups in total. The predicted molar refractivity (Wildman–Crippen MR) is 134 cm³/mol. The van der Waals surface area contributed by atoms with Gasteiger partial charge in [0.15, 0.2) is 5.78 Å². The molecule has 2 aliphatic rings. The van der Waals surface area contributed by atoms with Gasteiger partial charge in [-0.2, -0.15) is 0 Å². The highest BCUT2D eigenvalue weighted by Gasteiger charge is 2.49. The number of likely N-dealkylation sites (N-methyl/N-ethyl adjacent to an activating group) is 2. The molecule has 5 heteroatoms. The lowest BCUT2D eigenvalue weighted by Gasteiger charge is -2.25. The molecule has 2 aliphatic heterocycles. The van der Waals surface area contributed by atoms with Crippen molar-refractivity contribution in [2.45, 2.75) is 71.9 Å². The molecule has 2 fully saturated rings. The van der Waals surface area contributed by atoms with Gasteiger partial charge in [-0.05, 0) is 64.8 Å². The average molecular weight is 445 g/mol. The highest BCUT2D eigenvalue weighted by molar-refractivity contribution is 5.94. The van der Waals surface area contributed by atoms with Crippen LogP contribution in [0.3, 0.4) is 0 Å². The van der Waals surface area contributed by atoms with Crippen LogP contribution in [-0.4, -0.2) is 60.0 Å². The summed E-state index contributed by atoms with van der Waals surface area (Å²) < 4.78 is 0. The van der Waals surface area contributed by atoms with Gasteiger partial charge in [0.1, 0.15) is 5.78 Å². The molecule has 0 bridgehead atoms. The van der Waals surface area contributed by atoms with E-state index in [4.69, 9.17) is 0 Å². The molecule has 0 aromatic heterocycles. The van der Waals surface area contributed by atoms with Gasteiger partial charge in [0.25, 0.3) is 0 Å². The van der Waals surface area contributed by atoms with Crippen molar-refractivity contribution in [2.24, 2.45) is 10.8 Å². The fraction of sp³-hybridized carbons (Fsp3) is 0.593. The maximum atomic E-state index is 12.2. The molecule has 0 unspecified atom stereocenters. The van der Waals surface area contributed by atoms with Crippen molar-refractivity contribution < 1.29 is 14.4 Å². The normalized spacial score (nSPS) is 23.4. The molecule has 2 heterocycles. The van der Waals surface area contributed by atoms with Crippen molar-refractivity contribution in [3.05, 3.63) is 50.6 Å². The molecule has 180 valence electrons. The Kier molecular flexibility index (Phi) is 11.8. The molecule has 0 aliphatic carbocycles. The van der Waals surface area contributed by atoms with Gasteiger partial charge in [-0.3, -0.25) is 19.3 Å². The second-order valence-electron chi connectivity index (χ2n) is 9.24. The molecule has 0 radical (unpaired) electrons. The van der Waals surface area contributed by atoms with E-state index in [1.54, 1.807) is 31.0 Å². The van der Waals surface area contributed by atoms with Crippen LogP contribution in [0.2, 0.25) is 0 Å². The molecule has 0 aromatic carbocycles. The Morgan fingerprint density at radius 3 is 1.62 bits per heavy atom. The van der Waals surface area contributed by atoms with Gasteiger partial charge in [0.05, 0.1) is 17.5 Å². The number of hydrogen-bond donors (Lipinski definition) is 0. The first kappa shape index (κ1) is 29.7. The van der Waals surface area contributed by atoms with Gasteiger partial charge >= 0.3 is 0 Å². The van der Waals surface area contributed by atoms with Crippen LogP contribution in [-0.2, 0) is 14.4 Å². The van der Waals surface area contributed by atoms with Crippen molar-refractivity contribution in [1.29, 1.82) is 0 Å². The minimum atomic E-state index is -0.491. The van der Waals surface area contributed by atoms with Gasteiger partial charge in [-0.15, -0.1) is 26.3 Å². The fourth-order valence-corrected chi connectivity index (χ4v) is 5.22. The number of allylic oxidation sites excluding steroid dienone is 4. The monoisotopic (exact) mass is 444 g/mol. The van der Waals surface area contributed by atoms with E-state index < -0.39 is 5.41 Å². The fourth-order valence-electron chi connectivity index (χ4n) is 5.22. The molecule has 0 saturated carbocycles. The summed E-state index contributed by atoms with van der Waals surface area (Å²) >= 11 is 0. The Morgan fingerprint density at radius 1 is 0.875 bits per heavy atom. The summed E-state index contributed by atoms with van der Waals surface area (Å²) in [6.07, 6.45) is 12.1. The van der Waals surface area contributed by atoms with E-state index in [9.17, 15) is 14.4 Å². The standard InChI is InChI=1S/C13H19NO2.C13H21NO.CH4/c1-5-7-13(8-6-2)9-11(10(3)15)14(4)12(13)16;1-5-7-13(8-6-2)9-12(11(3)15)14(4)10-13;/h5-6,11H,1-2,7-9H2,3-4H3;5-6,12H,1-2,7-10H2,3-4H3;1H4/t11-;12-;/m00./s1. The van der Waals surface area contributed by atoms with Gasteiger partial charge in [-0.1, -0.05) is 31.7 Å². The number of ketones is 2. The summed E-state index contributed by atoms with van der Waals surface area (Å²) in [6.45, 7) is 19.2. The van der Waals surface area contributed by atoms with Crippen LogP contribution in [0.15, 0.2) is 50.6 Å². The topological polar surface area (TPSA) is 57.7 Å². The highest BCUT2D eigenvalue weighted by Crippen LogP contribution is 2.42. The molecular formula is C27H44N2O3. The van der Waals surface area contributed by atoms with E-state index in [-0.39, 0.29) is 42.4 Å². The second kappa shape index (κ2) is 12.7. The molecular weight excluding hydrogens is 400 g/mol. The van der Waals surface area contributed by atoms with Gasteiger partial charge < -0.3 is 4.90 Å². The number of nitrogens with zero attached hydrogens (tertiary/aromatic N) is 2. The summed E-state index contributed by atoms with van der Waals surface area (Å²) in [5.74, 6) is 0.353. The number of likely N-dealkylation sites (tertiary alicyclic amines) is 2. The smallest absolute Gasteiger partial charge is 0.229 e. The lowest BCUT2D eigenvalue weighted by Crippen LogP contribution is -2.35. The third-order valence-electron chi connectivity index (χ3n) is 6.73. The largest absolute Gasteiger partial charge is 0.335 e. The molecule has 2 atom stereocenters. The van der Waals surface area contributed by atoms with Crippen molar-refractivity contribution in [1.82, 2.24) is 9.80 Å². The van der Waals surface area contributed by atoms with Crippen LogP contribution in [0, 0.1) is 10.8 Å². The third kappa shape index (κ3) is 6.61. The zero-order valence-electron chi connectivity index (χ0n) is 19.9. The quantitative estimate of drug-likeness (QED) is 0.445. The lowest BCUT2D eigenvalue weighted by atomic mass is 9.78. The minimum absolute atomic E-state index is 0. The SMILES string of the molecule is C.C=CCC1(CC=C)C[C@@H](C(C)=O)N(C)C1.C=CCC1(CC=C)C[C@@H](C(C)=O)N(C)C1=O. The van der Waals surface area contributed by atoms with E-state index >= 15 is 0 Å². The maximum absolute atomic E-state index is 12.2. The van der Waals surface area contributed by atoms with E-state index in [1.165, 1.54) is 6.92 Å². The Labute approximate surface area is 195 Å². The number of rotatable bonds is 10. The number of Topliss-reactive ketones (excluding diaryl/α,β-unsaturated/α-hetero) is 2. The first-order valence-corrected chi connectivity index (χ1v) is 10.9. The first-order valence-electron chi connectivity index (χ1n) is 10.9. The number of amides is 1. The molecule has 32 heavy (non-hydrogen) atoms. The lowest BCUT2D eigenvalue weighted by molar-refractivity contribution is -0.137. The van der Waals surface area contributed by atoms with E-state index in [1.807, 2.05) is 19.2 Å². The minimum Gasteiger partial charge on any atom is -0.335 e.